The quantitative estimate of drug-likeness (QED) is 0.567. The highest BCUT2D eigenvalue weighted by Crippen LogP contribution is 2.07. The maximum absolute atomic E-state index is 11.1. The molecular formula is C12H15NOSi. The van der Waals surface area contributed by atoms with E-state index in [2.05, 4.69) is 31.1 Å². The largest absolute Gasteiger partial charge is 0.366 e. The van der Waals surface area contributed by atoms with Crippen LogP contribution in [0.5, 0.6) is 0 Å². The third-order valence-corrected chi connectivity index (χ3v) is 2.64. The number of primary amides is 1. The molecule has 0 spiro atoms. The molecule has 1 aromatic carbocycles. The third-order valence-electron chi connectivity index (χ3n) is 1.76. The van der Waals surface area contributed by atoms with Gasteiger partial charge in [-0.25, -0.2) is 0 Å². The van der Waals surface area contributed by atoms with Gasteiger partial charge in [0.25, 0.3) is 0 Å². The van der Waals surface area contributed by atoms with E-state index in [0.29, 0.717) is 5.56 Å². The van der Waals surface area contributed by atoms with E-state index in [1.165, 1.54) is 0 Å². The Hall–Kier alpha value is -1.53. The van der Waals surface area contributed by atoms with Crippen molar-refractivity contribution in [3.8, 4) is 11.5 Å². The molecular weight excluding hydrogens is 202 g/mol. The molecule has 0 aromatic heterocycles. The Bertz CT molecular complexity index is 435. The van der Waals surface area contributed by atoms with Crippen LogP contribution in [0.1, 0.15) is 15.9 Å². The van der Waals surface area contributed by atoms with Crippen molar-refractivity contribution >= 4 is 14.0 Å². The molecule has 15 heavy (non-hydrogen) atoms. The second-order valence-corrected chi connectivity index (χ2v) is 9.16. The molecule has 1 amide bonds. The Kier molecular flexibility index (Phi) is 3.33. The fraction of sp³-hybridized carbons (Fsp3) is 0.250. The number of hydrogen-bond donors (Lipinski definition) is 1. The predicted octanol–water partition coefficient (Wildman–Crippen LogP) is 2.01. The first-order valence-corrected chi connectivity index (χ1v) is 8.32. The molecule has 0 fully saturated rings. The zero-order chi connectivity index (χ0) is 11.5. The number of carbonyl (C=O) groups excluding carboxylic acids is 1. The summed E-state index contributed by atoms with van der Waals surface area (Å²) >= 11 is 0. The van der Waals surface area contributed by atoms with Crippen molar-refractivity contribution in [2.45, 2.75) is 19.6 Å². The van der Waals surface area contributed by atoms with Crippen molar-refractivity contribution in [3.05, 3.63) is 35.4 Å². The molecule has 0 aliphatic carbocycles. The summed E-state index contributed by atoms with van der Waals surface area (Å²) in [4.78, 5) is 11.1. The fourth-order valence-corrected chi connectivity index (χ4v) is 1.57. The molecule has 1 aromatic rings. The van der Waals surface area contributed by atoms with E-state index < -0.39 is 14.0 Å². The number of nitrogens with two attached hydrogens (primary N) is 1. The molecule has 2 nitrogen and oxygen atoms in total. The van der Waals surface area contributed by atoms with E-state index in [9.17, 15) is 4.79 Å². The van der Waals surface area contributed by atoms with Gasteiger partial charge >= 0.3 is 0 Å². The third kappa shape index (κ3) is 3.60. The molecule has 0 heterocycles. The lowest BCUT2D eigenvalue weighted by Crippen LogP contribution is -2.17. The Morgan fingerprint density at radius 3 is 2.40 bits per heavy atom. The number of hydrogen-bond acceptors (Lipinski definition) is 1. The minimum atomic E-state index is -1.41. The summed E-state index contributed by atoms with van der Waals surface area (Å²) in [6.07, 6.45) is 0. The van der Waals surface area contributed by atoms with Gasteiger partial charge in [-0.2, -0.15) is 0 Å². The minimum absolute atomic E-state index is 0.421. The highest BCUT2D eigenvalue weighted by atomic mass is 28.3. The first kappa shape index (κ1) is 11.5. The monoisotopic (exact) mass is 217 g/mol. The normalized spacial score (nSPS) is 10.3. The average molecular weight is 217 g/mol. The molecule has 0 atom stereocenters. The molecule has 78 valence electrons. The number of carbonyl (C=O) groups is 1. The van der Waals surface area contributed by atoms with Gasteiger partial charge in [0, 0.05) is 5.56 Å². The van der Waals surface area contributed by atoms with E-state index in [4.69, 9.17) is 5.73 Å². The van der Waals surface area contributed by atoms with Crippen molar-refractivity contribution in [1.29, 1.82) is 0 Å². The zero-order valence-corrected chi connectivity index (χ0v) is 10.3. The Labute approximate surface area is 91.5 Å². The van der Waals surface area contributed by atoms with Crippen molar-refractivity contribution in [1.82, 2.24) is 0 Å². The summed E-state index contributed by atoms with van der Waals surface area (Å²) in [6.45, 7) is 6.48. The summed E-state index contributed by atoms with van der Waals surface area (Å²) in [5, 5.41) is 0. The van der Waals surface area contributed by atoms with Crippen LogP contribution >= 0.6 is 0 Å². The van der Waals surface area contributed by atoms with Gasteiger partial charge in [0.1, 0.15) is 8.07 Å². The van der Waals surface area contributed by atoms with Gasteiger partial charge in [-0.3, -0.25) is 4.79 Å². The van der Waals surface area contributed by atoms with Crippen LogP contribution in [0.3, 0.4) is 0 Å². The van der Waals surface area contributed by atoms with Gasteiger partial charge in [0.05, 0.1) is 5.56 Å². The first-order valence-electron chi connectivity index (χ1n) is 4.82. The number of amides is 1. The molecule has 1 rings (SSSR count). The van der Waals surface area contributed by atoms with E-state index in [1.54, 1.807) is 12.1 Å². The first-order chi connectivity index (χ1) is 6.90. The smallest absolute Gasteiger partial charge is 0.249 e. The van der Waals surface area contributed by atoms with Gasteiger partial charge in [0.15, 0.2) is 0 Å². The van der Waals surface area contributed by atoms with Crippen molar-refractivity contribution in [2.24, 2.45) is 5.73 Å². The molecule has 0 saturated heterocycles. The van der Waals surface area contributed by atoms with Gasteiger partial charge in [-0.15, -0.1) is 5.54 Å². The van der Waals surface area contributed by atoms with Gasteiger partial charge in [-0.05, 0) is 12.1 Å². The summed E-state index contributed by atoms with van der Waals surface area (Å²) in [7, 11) is -1.41. The van der Waals surface area contributed by atoms with E-state index in [-0.39, 0.29) is 0 Å². The van der Waals surface area contributed by atoms with E-state index in [1.807, 2.05) is 12.1 Å². The average Bonchev–Trinajstić information content (AvgIpc) is 2.14. The molecule has 0 radical (unpaired) electrons. The molecule has 0 bridgehead atoms. The van der Waals surface area contributed by atoms with Crippen LogP contribution in [0.2, 0.25) is 19.6 Å². The molecule has 2 N–H and O–H groups in total. The zero-order valence-electron chi connectivity index (χ0n) is 9.29. The lowest BCUT2D eigenvalue weighted by atomic mass is 10.1. The SMILES string of the molecule is C[Si](C)(C)C#Cc1ccccc1C(N)=O. The highest BCUT2D eigenvalue weighted by molar-refractivity contribution is 6.83. The Balaban J connectivity index is 3.14. The van der Waals surface area contributed by atoms with Gasteiger partial charge in [-0.1, -0.05) is 37.7 Å². The second-order valence-electron chi connectivity index (χ2n) is 4.41. The topological polar surface area (TPSA) is 43.1 Å². The number of benzene rings is 1. The van der Waals surface area contributed by atoms with Crippen molar-refractivity contribution in [3.63, 3.8) is 0 Å². The van der Waals surface area contributed by atoms with Crippen LogP contribution in [0.15, 0.2) is 24.3 Å². The Morgan fingerprint density at radius 1 is 1.27 bits per heavy atom. The van der Waals surface area contributed by atoms with Crippen LogP contribution < -0.4 is 5.73 Å². The fourth-order valence-electron chi connectivity index (χ4n) is 1.06. The second kappa shape index (κ2) is 4.33. The van der Waals surface area contributed by atoms with Crippen molar-refractivity contribution < 1.29 is 4.79 Å². The van der Waals surface area contributed by atoms with Gasteiger partial charge < -0.3 is 5.73 Å². The summed E-state index contributed by atoms with van der Waals surface area (Å²) in [5.41, 5.74) is 9.71. The van der Waals surface area contributed by atoms with Crippen LogP contribution in [0.4, 0.5) is 0 Å². The molecule has 0 unspecified atom stereocenters. The molecule has 0 aliphatic rings. The van der Waals surface area contributed by atoms with Crippen LogP contribution in [-0.2, 0) is 0 Å². The van der Waals surface area contributed by atoms with E-state index >= 15 is 0 Å². The lowest BCUT2D eigenvalue weighted by Gasteiger charge is -2.04. The summed E-state index contributed by atoms with van der Waals surface area (Å²) < 4.78 is 0. The molecule has 0 aliphatic heterocycles. The molecule has 3 heteroatoms. The maximum atomic E-state index is 11.1. The minimum Gasteiger partial charge on any atom is -0.366 e. The maximum Gasteiger partial charge on any atom is 0.249 e. The Morgan fingerprint density at radius 2 is 1.87 bits per heavy atom. The summed E-state index contributed by atoms with van der Waals surface area (Å²) in [6, 6.07) is 7.18. The van der Waals surface area contributed by atoms with Crippen LogP contribution in [-0.4, -0.2) is 14.0 Å². The van der Waals surface area contributed by atoms with Crippen LogP contribution in [0.25, 0.3) is 0 Å². The summed E-state index contributed by atoms with van der Waals surface area (Å²) in [5.74, 6) is 2.62. The lowest BCUT2D eigenvalue weighted by molar-refractivity contribution is 0.1000. The predicted molar refractivity (Wildman–Crippen MR) is 65.2 cm³/mol. The number of rotatable bonds is 1. The highest BCUT2D eigenvalue weighted by Gasteiger charge is 2.09. The van der Waals surface area contributed by atoms with Crippen LogP contribution in [0, 0.1) is 11.5 Å². The van der Waals surface area contributed by atoms with Crippen molar-refractivity contribution in [2.75, 3.05) is 0 Å². The molecule has 0 saturated carbocycles. The van der Waals surface area contributed by atoms with Gasteiger partial charge in [0.2, 0.25) is 5.91 Å². The van der Waals surface area contributed by atoms with E-state index in [0.717, 1.165) is 5.56 Å². The standard InChI is InChI=1S/C12H15NOSi/c1-15(2,3)9-8-10-6-4-5-7-11(10)12(13)14/h4-7H,1-3H3,(H2,13,14).